The number of guanidine groups is 1. The second-order valence-electron chi connectivity index (χ2n) is 6.85. The van der Waals surface area contributed by atoms with Gasteiger partial charge in [0, 0.05) is 32.5 Å². The maximum Gasteiger partial charge on any atom is 0.191 e. The van der Waals surface area contributed by atoms with Crippen LogP contribution in [0.25, 0.3) is 5.69 Å². The molecule has 0 amide bonds. The standard InChI is InChI=1S/C24H31N5O2/c1-4-30-22-11-10-19(16-23(22)31-5-2)12-13-27-24(25-3)28-17-20-8-6-7-9-21(20)29-15-14-26-18-29/h6-11,14-16,18H,4-5,12-13,17H2,1-3H3,(H2,25,27,28). The first-order valence-corrected chi connectivity index (χ1v) is 10.6. The van der Waals surface area contributed by atoms with Gasteiger partial charge in [-0.2, -0.15) is 0 Å². The molecule has 0 fully saturated rings. The molecule has 1 heterocycles. The average molecular weight is 422 g/mol. The number of benzene rings is 2. The highest BCUT2D eigenvalue weighted by Gasteiger charge is 2.08. The lowest BCUT2D eigenvalue weighted by Crippen LogP contribution is -2.38. The Morgan fingerprint density at radius 1 is 1.03 bits per heavy atom. The molecule has 31 heavy (non-hydrogen) atoms. The summed E-state index contributed by atoms with van der Waals surface area (Å²) >= 11 is 0. The molecule has 164 valence electrons. The highest BCUT2D eigenvalue weighted by Crippen LogP contribution is 2.28. The second-order valence-corrected chi connectivity index (χ2v) is 6.85. The van der Waals surface area contributed by atoms with Gasteiger partial charge in [0.15, 0.2) is 17.5 Å². The molecule has 0 atom stereocenters. The minimum Gasteiger partial charge on any atom is -0.490 e. The average Bonchev–Trinajstić information content (AvgIpc) is 3.33. The zero-order chi connectivity index (χ0) is 21.9. The van der Waals surface area contributed by atoms with E-state index >= 15 is 0 Å². The Bertz CT molecular complexity index is 970. The van der Waals surface area contributed by atoms with Gasteiger partial charge in [0.2, 0.25) is 0 Å². The van der Waals surface area contributed by atoms with E-state index in [0.29, 0.717) is 19.8 Å². The molecule has 0 radical (unpaired) electrons. The van der Waals surface area contributed by atoms with E-state index in [1.807, 2.05) is 48.9 Å². The van der Waals surface area contributed by atoms with Crippen LogP contribution in [0.2, 0.25) is 0 Å². The Morgan fingerprint density at radius 3 is 2.58 bits per heavy atom. The fourth-order valence-corrected chi connectivity index (χ4v) is 3.29. The van der Waals surface area contributed by atoms with Crippen molar-refractivity contribution < 1.29 is 9.47 Å². The number of imidazole rings is 1. The lowest BCUT2D eigenvalue weighted by molar-refractivity contribution is 0.287. The van der Waals surface area contributed by atoms with Crippen molar-refractivity contribution in [3.63, 3.8) is 0 Å². The van der Waals surface area contributed by atoms with Crippen molar-refractivity contribution in [3.05, 3.63) is 72.3 Å². The predicted octanol–water partition coefficient (Wildman–Crippen LogP) is 3.58. The largest absolute Gasteiger partial charge is 0.490 e. The number of rotatable bonds is 10. The van der Waals surface area contributed by atoms with Crippen molar-refractivity contribution in [3.8, 4) is 17.2 Å². The van der Waals surface area contributed by atoms with E-state index < -0.39 is 0 Å². The number of hydrogen-bond acceptors (Lipinski definition) is 4. The van der Waals surface area contributed by atoms with Crippen LogP contribution in [0.3, 0.4) is 0 Å². The molecule has 1 aromatic heterocycles. The third-order valence-electron chi connectivity index (χ3n) is 4.76. The van der Waals surface area contributed by atoms with Gasteiger partial charge in [-0.3, -0.25) is 4.99 Å². The van der Waals surface area contributed by atoms with E-state index in [1.165, 1.54) is 5.56 Å². The molecule has 0 saturated heterocycles. The van der Waals surface area contributed by atoms with Crippen molar-refractivity contribution in [2.24, 2.45) is 4.99 Å². The molecule has 2 aromatic carbocycles. The third kappa shape index (κ3) is 6.25. The monoisotopic (exact) mass is 421 g/mol. The topological polar surface area (TPSA) is 72.7 Å². The van der Waals surface area contributed by atoms with Crippen LogP contribution in [0.1, 0.15) is 25.0 Å². The Kier molecular flexibility index (Phi) is 8.34. The first-order valence-electron chi connectivity index (χ1n) is 10.6. The predicted molar refractivity (Wildman–Crippen MR) is 124 cm³/mol. The Morgan fingerprint density at radius 2 is 1.84 bits per heavy atom. The van der Waals surface area contributed by atoms with Gasteiger partial charge < -0.3 is 24.7 Å². The quantitative estimate of drug-likeness (QED) is 0.387. The molecule has 0 aliphatic rings. The molecular weight excluding hydrogens is 390 g/mol. The highest BCUT2D eigenvalue weighted by molar-refractivity contribution is 5.79. The lowest BCUT2D eigenvalue weighted by Gasteiger charge is -2.15. The van der Waals surface area contributed by atoms with Gasteiger partial charge in [0.05, 0.1) is 25.2 Å². The molecule has 7 heteroatoms. The first kappa shape index (κ1) is 22.2. The van der Waals surface area contributed by atoms with Crippen LogP contribution < -0.4 is 20.1 Å². The minimum atomic E-state index is 0.610. The summed E-state index contributed by atoms with van der Waals surface area (Å²) in [7, 11) is 1.78. The van der Waals surface area contributed by atoms with Gasteiger partial charge in [-0.05, 0) is 49.6 Å². The van der Waals surface area contributed by atoms with Gasteiger partial charge in [0.1, 0.15) is 0 Å². The highest BCUT2D eigenvalue weighted by atomic mass is 16.5. The molecule has 2 N–H and O–H groups in total. The number of aromatic nitrogens is 2. The molecule has 0 bridgehead atoms. The van der Waals surface area contributed by atoms with Gasteiger partial charge >= 0.3 is 0 Å². The maximum absolute atomic E-state index is 5.72. The molecule has 3 rings (SSSR count). The summed E-state index contributed by atoms with van der Waals surface area (Å²) in [4.78, 5) is 8.49. The Labute approximate surface area is 184 Å². The minimum absolute atomic E-state index is 0.610. The van der Waals surface area contributed by atoms with Crippen LogP contribution in [0, 0.1) is 0 Å². The van der Waals surface area contributed by atoms with E-state index in [1.54, 1.807) is 19.6 Å². The van der Waals surface area contributed by atoms with Crippen molar-refractivity contribution in [1.82, 2.24) is 20.2 Å². The van der Waals surface area contributed by atoms with Gasteiger partial charge in [-0.25, -0.2) is 4.98 Å². The zero-order valence-electron chi connectivity index (χ0n) is 18.5. The Hall–Kier alpha value is -3.48. The fraction of sp³-hybridized carbons (Fsp3) is 0.333. The van der Waals surface area contributed by atoms with Crippen LogP contribution >= 0.6 is 0 Å². The zero-order valence-corrected chi connectivity index (χ0v) is 18.5. The number of nitrogens with zero attached hydrogens (tertiary/aromatic N) is 3. The van der Waals surface area contributed by atoms with Crippen molar-refractivity contribution in [2.45, 2.75) is 26.8 Å². The Balaban J connectivity index is 1.55. The molecule has 0 aliphatic carbocycles. The summed E-state index contributed by atoms with van der Waals surface area (Å²) in [6.45, 7) is 6.59. The number of nitrogens with one attached hydrogen (secondary N) is 2. The summed E-state index contributed by atoms with van der Waals surface area (Å²) in [5.74, 6) is 2.34. The fourth-order valence-electron chi connectivity index (χ4n) is 3.29. The van der Waals surface area contributed by atoms with Gasteiger partial charge in [0.25, 0.3) is 0 Å². The van der Waals surface area contributed by atoms with E-state index in [4.69, 9.17) is 9.47 Å². The molecule has 0 unspecified atom stereocenters. The van der Waals surface area contributed by atoms with Crippen molar-refractivity contribution >= 4 is 5.96 Å². The summed E-state index contributed by atoms with van der Waals surface area (Å²) in [5, 5.41) is 6.77. The number of hydrogen-bond donors (Lipinski definition) is 2. The van der Waals surface area contributed by atoms with E-state index in [2.05, 4.69) is 38.8 Å². The molecule has 0 aliphatic heterocycles. The normalized spacial score (nSPS) is 11.3. The van der Waals surface area contributed by atoms with E-state index in [0.717, 1.165) is 41.7 Å². The van der Waals surface area contributed by atoms with Crippen LogP contribution in [-0.4, -0.2) is 42.3 Å². The summed E-state index contributed by atoms with van der Waals surface area (Å²) in [6, 6.07) is 14.3. The summed E-state index contributed by atoms with van der Waals surface area (Å²) in [6.07, 6.45) is 6.37. The van der Waals surface area contributed by atoms with Gasteiger partial charge in [-0.1, -0.05) is 24.3 Å². The number of ether oxygens (including phenoxy) is 2. The molecule has 3 aromatic rings. The number of para-hydroxylation sites is 1. The first-order chi connectivity index (χ1) is 15.2. The number of aliphatic imine (C=N–C) groups is 1. The molecule has 0 spiro atoms. The SMILES string of the molecule is CCOc1ccc(CCNC(=NC)NCc2ccccc2-n2ccnc2)cc1OCC. The molecular formula is C24H31N5O2. The summed E-state index contributed by atoms with van der Waals surface area (Å²) < 4.78 is 13.4. The van der Waals surface area contributed by atoms with Crippen LogP contribution in [0.15, 0.2) is 66.2 Å². The maximum atomic E-state index is 5.72. The van der Waals surface area contributed by atoms with E-state index in [9.17, 15) is 0 Å². The van der Waals surface area contributed by atoms with E-state index in [-0.39, 0.29) is 0 Å². The van der Waals surface area contributed by atoms with Gasteiger partial charge in [-0.15, -0.1) is 0 Å². The second kappa shape index (κ2) is 11.6. The molecule has 7 nitrogen and oxygen atoms in total. The van der Waals surface area contributed by atoms with Crippen LogP contribution in [0.5, 0.6) is 11.5 Å². The smallest absolute Gasteiger partial charge is 0.191 e. The van der Waals surface area contributed by atoms with Crippen LogP contribution in [0.4, 0.5) is 0 Å². The summed E-state index contributed by atoms with van der Waals surface area (Å²) in [5.41, 5.74) is 3.44. The van der Waals surface area contributed by atoms with Crippen molar-refractivity contribution in [1.29, 1.82) is 0 Å². The molecule has 0 saturated carbocycles. The third-order valence-corrected chi connectivity index (χ3v) is 4.76. The van der Waals surface area contributed by atoms with Crippen molar-refractivity contribution in [2.75, 3.05) is 26.8 Å². The lowest BCUT2D eigenvalue weighted by atomic mass is 10.1. The van der Waals surface area contributed by atoms with Crippen LogP contribution in [-0.2, 0) is 13.0 Å².